The first kappa shape index (κ1) is 26.1. The molecule has 10 nitrogen and oxygen atoms in total. The van der Waals surface area contributed by atoms with E-state index < -0.39 is 30.0 Å². The molecule has 184 valence electrons. The summed E-state index contributed by atoms with van der Waals surface area (Å²) < 4.78 is 33.9. The average molecular weight is 474 g/mol. The van der Waals surface area contributed by atoms with Crippen LogP contribution in [0.1, 0.15) is 11.1 Å². The molecule has 2 aromatic rings. The van der Waals surface area contributed by atoms with E-state index >= 15 is 0 Å². The van der Waals surface area contributed by atoms with Gasteiger partial charge in [-0.15, -0.1) is 0 Å². The van der Waals surface area contributed by atoms with Crippen LogP contribution in [0.15, 0.2) is 65.8 Å². The minimum Gasteiger partial charge on any atom is -0.384 e. The van der Waals surface area contributed by atoms with Crippen molar-refractivity contribution >= 4 is 0 Å². The number of hydrogen-bond acceptors (Lipinski definition) is 8. The van der Waals surface area contributed by atoms with Crippen LogP contribution in [0.2, 0.25) is 0 Å². The quantitative estimate of drug-likeness (QED) is 0.193. The Hall–Kier alpha value is -2.53. The van der Waals surface area contributed by atoms with Crippen LogP contribution < -0.4 is 0 Å². The molecule has 0 unspecified atom stereocenters. The summed E-state index contributed by atoms with van der Waals surface area (Å²) in [5.41, 5.74) is 9.37. The lowest BCUT2D eigenvalue weighted by molar-refractivity contribution is -0.194. The second kappa shape index (κ2) is 13.4. The number of azide groups is 1. The van der Waals surface area contributed by atoms with Gasteiger partial charge in [0.25, 0.3) is 0 Å². The number of benzene rings is 2. The van der Waals surface area contributed by atoms with Gasteiger partial charge in [0.1, 0.15) is 43.5 Å². The van der Waals surface area contributed by atoms with E-state index in [9.17, 15) is 10.6 Å². The van der Waals surface area contributed by atoms with Crippen LogP contribution in [0.25, 0.3) is 10.4 Å². The highest BCUT2D eigenvalue weighted by Gasteiger charge is 2.62. The maximum atomic E-state index is 11.9. The Labute approximate surface area is 198 Å². The third-order valence-electron chi connectivity index (χ3n) is 5.59. The zero-order valence-electron chi connectivity index (χ0n) is 19.4. The van der Waals surface area contributed by atoms with Crippen LogP contribution in [0.5, 0.6) is 0 Å². The molecule has 1 N–H and O–H groups in total. The first-order chi connectivity index (χ1) is 16.6. The highest BCUT2D eigenvalue weighted by atomic mass is 16.7. The lowest BCUT2D eigenvalue weighted by Crippen LogP contribution is -2.53. The van der Waals surface area contributed by atoms with E-state index in [1.165, 1.54) is 14.2 Å². The van der Waals surface area contributed by atoms with E-state index in [1.54, 1.807) is 0 Å². The van der Waals surface area contributed by atoms with Gasteiger partial charge in [-0.3, -0.25) is 0 Å². The van der Waals surface area contributed by atoms with Gasteiger partial charge in [0, 0.05) is 19.1 Å². The molecule has 1 aliphatic rings. The fourth-order valence-corrected chi connectivity index (χ4v) is 4.05. The molecule has 0 amide bonds. The number of nitrogens with zero attached hydrogens (tertiary/aromatic N) is 3. The van der Waals surface area contributed by atoms with Crippen molar-refractivity contribution in [1.29, 1.82) is 0 Å². The van der Waals surface area contributed by atoms with Crippen molar-refractivity contribution in [3.05, 3.63) is 82.2 Å². The van der Waals surface area contributed by atoms with E-state index in [0.717, 1.165) is 11.1 Å². The Kier molecular flexibility index (Phi) is 10.3. The smallest absolute Gasteiger partial charge is 0.146 e. The largest absolute Gasteiger partial charge is 0.384 e. The molecule has 1 saturated carbocycles. The second-order valence-electron chi connectivity index (χ2n) is 7.91. The average Bonchev–Trinajstić information content (AvgIpc) is 3.08. The maximum Gasteiger partial charge on any atom is 0.146 e. The normalized spacial score (nSPS) is 26.3. The van der Waals surface area contributed by atoms with Gasteiger partial charge >= 0.3 is 0 Å². The van der Waals surface area contributed by atoms with E-state index in [2.05, 4.69) is 10.0 Å². The summed E-state index contributed by atoms with van der Waals surface area (Å²) in [5, 5.41) is 15.8. The summed E-state index contributed by atoms with van der Waals surface area (Å²) in [4.78, 5) is 2.95. The predicted octanol–water partition coefficient (Wildman–Crippen LogP) is 3.19. The van der Waals surface area contributed by atoms with Crippen LogP contribution in [-0.4, -0.2) is 69.5 Å². The van der Waals surface area contributed by atoms with E-state index in [4.69, 9.17) is 28.4 Å². The van der Waals surface area contributed by atoms with Gasteiger partial charge in [-0.05, 0) is 16.7 Å². The van der Waals surface area contributed by atoms with Gasteiger partial charge in [0.15, 0.2) is 0 Å². The number of aliphatic hydroxyl groups is 1. The van der Waals surface area contributed by atoms with Crippen LogP contribution in [0.3, 0.4) is 0 Å². The van der Waals surface area contributed by atoms with Gasteiger partial charge < -0.3 is 33.5 Å². The van der Waals surface area contributed by atoms with Gasteiger partial charge in [-0.2, -0.15) is 0 Å². The molecule has 0 saturated heterocycles. The summed E-state index contributed by atoms with van der Waals surface area (Å²) in [6, 6.07) is 18.0. The molecule has 34 heavy (non-hydrogen) atoms. The summed E-state index contributed by atoms with van der Waals surface area (Å²) in [7, 11) is 2.96. The molecule has 0 aliphatic heterocycles. The van der Waals surface area contributed by atoms with Crippen molar-refractivity contribution in [2.45, 2.75) is 43.2 Å². The Morgan fingerprint density at radius 3 is 1.97 bits per heavy atom. The van der Waals surface area contributed by atoms with Crippen LogP contribution in [0.4, 0.5) is 0 Å². The molecule has 0 aromatic heterocycles. The standard InChI is InChI=1S/C24H31N3O7/c1-29-16-33-20-21(34-17-30-2)23(32-14-19-11-7-4-8-12-19)24(28,22(20)26-27-25)15-31-13-18-9-5-3-6-10-18/h3-12,20-23,28H,13-17H2,1-2H3/t20-,21-,22-,23-,24+/m1/s1. The molecular formula is C24H31N3O7. The maximum absolute atomic E-state index is 11.9. The molecule has 0 spiro atoms. The Morgan fingerprint density at radius 2 is 1.41 bits per heavy atom. The van der Waals surface area contributed by atoms with Gasteiger partial charge in [-0.25, -0.2) is 0 Å². The third-order valence-corrected chi connectivity index (χ3v) is 5.59. The zero-order chi connectivity index (χ0) is 24.2. The fraction of sp³-hybridized carbons (Fsp3) is 0.500. The van der Waals surface area contributed by atoms with Crippen LogP contribution >= 0.6 is 0 Å². The molecule has 2 aromatic carbocycles. The van der Waals surface area contributed by atoms with Crippen molar-refractivity contribution in [2.24, 2.45) is 5.11 Å². The number of rotatable bonds is 14. The van der Waals surface area contributed by atoms with Gasteiger partial charge in [0.05, 0.1) is 19.8 Å². The first-order valence-corrected chi connectivity index (χ1v) is 10.9. The molecular weight excluding hydrogens is 442 g/mol. The van der Waals surface area contributed by atoms with E-state index in [-0.39, 0.29) is 33.4 Å². The molecule has 3 rings (SSSR count). The zero-order valence-corrected chi connectivity index (χ0v) is 19.4. The molecule has 5 atom stereocenters. The van der Waals surface area contributed by atoms with Gasteiger partial charge in [-0.1, -0.05) is 65.8 Å². The lowest BCUT2D eigenvalue weighted by Gasteiger charge is -2.34. The van der Waals surface area contributed by atoms with Crippen LogP contribution in [-0.2, 0) is 41.6 Å². The predicted molar refractivity (Wildman–Crippen MR) is 122 cm³/mol. The summed E-state index contributed by atoms with van der Waals surface area (Å²) in [6.07, 6.45) is -2.63. The Bertz CT molecular complexity index is 898. The number of hydrogen-bond donors (Lipinski definition) is 1. The summed E-state index contributed by atoms with van der Waals surface area (Å²) in [6.45, 7) is 0.0999. The topological polar surface area (TPSA) is 124 Å². The molecule has 1 fully saturated rings. The molecule has 0 bridgehead atoms. The second-order valence-corrected chi connectivity index (χ2v) is 7.91. The third kappa shape index (κ3) is 6.53. The van der Waals surface area contributed by atoms with Crippen molar-refractivity contribution in [2.75, 3.05) is 34.4 Å². The van der Waals surface area contributed by atoms with Crippen LogP contribution in [0, 0.1) is 0 Å². The van der Waals surface area contributed by atoms with Gasteiger partial charge in [0.2, 0.25) is 0 Å². The Morgan fingerprint density at radius 1 is 0.853 bits per heavy atom. The molecule has 0 radical (unpaired) electrons. The highest BCUT2D eigenvalue weighted by molar-refractivity contribution is 5.18. The fourth-order valence-electron chi connectivity index (χ4n) is 4.05. The molecule has 10 heteroatoms. The number of ether oxygens (including phenoxy) is 6. The molecule has 0 heterocycles. The highest BCUT2D eigenvalue weighted by Crippen LogP contribution is 2.40. The van der Waals surface area contributed by atoms with Crippen molar-refractivity contribution < 1.29 is 33.5 Å². The number of methoxy groups -OCH3 is 2. The van der Waals surface area contributed by atoms with E-state index in [0.29, 0.717) is 0 Å². The minimum absolute atomic E-state index is 0.0767. The van der Waals surface area contributed by atoms with Crippen molar-refractivity contribution in [3.63, 3.8) is 0 Å². The van der Waals surface area contributed by atoms with Crippen molar-refractivity contribution in [3.8, 4) is 0 Å². The SMILES string of the molecule is COCO[C@@H]1[C@@H](OCOC)[C@@H](OCc2ccccc2)[C@](O)(COCc2ccccc2)[C@@H]1N=[N+]=[N-]. The van der Waals surface area contributed by atoms with E-state index in [1.807, 2.05) is 60.7 Å². The summed E-state index contributed by atoms with van der Waals surface area (Å²) >= 11 is 0. The first-order valence-electron chi connectivity index (χ1n) is 10.9. The lowest BCUT2D eigenvalue weighted by atomic mass is 9.96. The Balaban J connectivity index is 1.88. The minimum atomic E-state index is -1.74. The van der Waals surface area contributed by atoms with Crippen molar-refractivity contribution in [1.82, 2.24) is 0 Å². The summed E-state index contributed by atoms with van der Waals surface area (Å²) in [5.74, 6) is 0. The molecule has 1 aliphatic carbocycles. The monoisotopic (exact) mass is 473 g/mol.